The Morgan fingerprint density at radius 3 is 2.63 bits per heavy atom. The Kier molecular flexibility index (Phi) is 3.05. The Labute approximate surface area is 114 Å². The van der Waals surface area contributed by atoms with E-state index in [9.17, 15) is 0 Å². The fraction of sp³-hybridized carbons (Fsp3) is 0.154. The van der Waals surface area contributed by atoms with Crippen molar-refractivity contribution < 1.29 is 8.94 Å². The molecule has 2 heterocycles. The molecule has 0 N–H and O–H groups in total. The molecular weight excluding hydrogens is 266 g/mol. The normalized spacial score (nSPS) is 10.8. The average molecular weight is 276 g/mol. The van der Waals surface area contributed by atoms with E-state index >= 15 is 0 Å². The van der Waals surface area contributed by atoms with Crippen molar-refractivity contribution in [3.8, 4) is 11.6 Å². The van der Waals surface area contributed by atoms with Crippen LogP contribution in [-0.4, -0.2) is 15.1 Å². The van der Waals surface area contributed by atoms with Gasteiger partial charge in [-0.15, -0.1) is 0 Å². The first-order valence-electron chi connectivity index (χ1n) is 5.70. The number of aryl methyl sites for hydroxylation is 1. The SMILES string of the molecule is Cc1nc(-c2nc(Cc3ccc(Cl)cc3)no2)co1. The van der Waals surface area contributed by atoms with Crippen molar-refractivity contribution in [1.82, 2.24) is 15.1 Å². The molecular formula is C13H10ClN3O2. The number of halogens is 1. The summed E-state index contributed by atoms with van der Waals surface area (Å²) < 4.78 is 10.3. The minimum absolute atomic E-state index is 0.362. The molecule has 3 aromatic rings. The average Bonchev–Trinajstić information content (AvgIpc) is 3.01. The third kappa shape index (κ3) is 2.66. The molecule has 0 saturated heterocycles. The lowest BCUT2D eigenvalue weighted by Gasteiger charge is -1.95. The maximum Gasteiger partial charge on any atom is 0.279 e. The highest BCUT2D eigenvalue weighted by molar-refractivity contribution is 6.30. The van der Waals surface area contributed by atoms with E-state index in [2.05, 4.69) is 15.1 Å². The lowest BCUT2D eigenvalue weighted by molar-refractivity contribution is 0.422. The summed E-state index contributed by atoms with van der Waals surface area (Å²) in [4.78, 5) is 8.41. The second kappa shape index (κ2) is 4.85. The zero-order chi connectivity index (χ0) is 13.2. The molecule has 1 aromatic carbocycles. The summed E-state index contributed by atoms with van der Waals surface area (Å²) in [6.45, 7) is 1.76. The van der Waals surface area contributed by atoms with Crippen molar-refractivity contribution in [3.05, 3.63) is 52.8 Å². The van der Waals surface area contributed by atoms with Crippen LogP contribution in [0.4, 0.5) is 0 Å². The molecule has 0 unspecified atom stereocenters. The molecule has 0 aliphatic heterocycles. The second-order valence-electron chi connectivity index (χ2n) is 4.07. The number of oxazole rings is 1. The quantitative estimate of drug-likeness (QED) is 0.734. The zero-order valence-electron chi connectivity index (χ0n) is 10.1. The summed E-state index contributed by atoms with van der Waals surface area (Å²) >= 11 is 5.83. The van der Waals surface area contributed by atoms with Gasteiger partial charge in [-0.2, -0.15) is 4.98 Å². The van der Waals surface area contributed by atoms with Gasteiger partial charge in [-0.3, -0.25) is 0 Å². The van der Waals surface area contributed by atoms with Gasteiger partial charge in [0.15, 0.2) is 17.4 Å². The van der Waals surface area contributed by atoms with Gasteiger partial charge < -0.3 is 8.94 Å². The van der Waals surface area contributed by atoms with Crippen molar-refractivity contribution in [3.63, 3.8) is 0 Å². The third-order valence-electron chi connectivity index (χ3n) is 2.58. The molecule has 0 amide bonds. The van der Waals surface area contributed by atoms with E-state index in [1.54, 1.807) is 6.92 Å². The van der Waals surface area contributed by atoms with Crippen LogP contribution in [0.3, 0.4) is 0 Å². The highest BCUT2D eigenvalue weighted by atomic mass is 35.5. The Hall–Kier alpha value is -2.14. The van der Waals surface area contributed by atoms with Crippen LogP contribution in [0, 0.1) is 6.92 Å². The lowest BCUT2D eigenvalue weighted by atomic mass is 10.1. The van der Waals surface area contributed by atoms with Crippen molar-refractivity contribution in [1.29, 1.82) is 0 Å². The summed E-state index contributed by atoms with van der Waals surface area (Å²) in [6, 6.07) is 7.52. The van der Waals surface area contributed by atoms with E-state index in [0.29, 0.717) is 34.7 Å². The van der Waals surface area contributed by atoms with Gasteiger partial charge in [-0.05, 0) is 17.7 Å². The van der Waals surface area contributed by atoms with E-state index in [1.165, 1.54) is 6.26 Å². The van der Waals surface area contributed by atoms with Crippen LogP contribution in [0.1, 0.15) is 17.3 Å². The first kappa shape index (κ1) is 11.9. The third-order valence-corrected chi connectivity index (χ3v) is 2.83. The lowest BCUT2D eigenvalue weighted by Crippen LogP contribution is -1.90. The smallest absolute Gasteiger partial charge is 0.279 e. The fourth-order valence-electron chi connectivity index (χ4n) is 1.68. The molecule has 0 saturated carbocycles. The van der Waals surface area contributed by atoms with Crippen molar-refractivity contribution >= 4 is 11.6 Å². The summed E-state index contributed by atoms with van der Waals surface area (Å²) in [5, 5.41) is 4.62. The molecule has 96 valence electrons. The monoisotopic (exact) mass is 275 g/mol. The Bertz CT molecular complexity index is 688. The molecule has 0 fully saturated rings. The molecule has 0 atom stereocenters. The van der Waals surface area contributed by atoms with Crippen LogP contribution in [-0.2, 0) is 6.42 Å². The van der Waals surface area contributed by atoms with E-state index in [4.69, 9.17) is 20.5 Å². The first-order valence-corrected chi connectivity index (χ1v) is 6.08. The zero-order valence-corrected chi connectivity index (χ0v) is 10.9. The van der Waals surface area contributed by atoms with E-state index in [1.807, 2.05) is 24.3 Å². The highest BCUT2D eigenvalue weighted by Crippen LogP contribution is 2.18. The van der Waals surface area contributed by atoms with Gasteiger partial charge in [0.05, 0.1) is 0 Å². The predicted octanol–water partition coefficient (Wildman–Crippen LogP) is 3.28. The minimum Gasteiger partial charge on any atom is -0.448 e. The Morgan fingerprint density at radius 1 is 1.16 bits per heavy atom. The largest absolute Gasteiger partial charge is 0.448 e. The van der Waals surface area contributed by atoms with Gasteiger partial charge in [0.1, 0.15) is 6.26 Å². The van der Waals surface area contributed by atoms with Crippen LogP contribution in [0.5, 0.6) is 0 Å². The van der Waals surface area contributed by atoms with Gasteiger partial charge >= 0.3 is 0 Å². The molecule has 6 heteroatoms. The summed E-state index contributed by atoms with van der Waals surface area (Å²) in [5.41, 5.74) is 1.61. The summed E-state index contributed by atoms with van der Waals surface area (Å²) in [6.07, 6.45) is 2.08. The molecule has 5 nitrogen and oxygen atoms in total. The predicted molar refractivity (Wildman–Crippen MR) is 68.8 cm³/mol. The van der Waals surface area contributed by atoms with Gasteiger partial charge in [0.2, 0.25) is 0 Å². The Balaban J connectivity index is 1.80. The van der Waals surface area contributed by atoms with E-state index < -0.39 is 0 Å². The minimum atomic E-state index is 0.362. The molecule has 0 spiro atoms. The Morgan fingerprint density at radius 2 is 1.95 bits per heavy atom. The number of rotatable bonds is 3. The van der Waals surface area contributed by atoms with Gasteiger partial charge in [-0.25, -0.2) is 4.98 Å². The maximum absolute atomic E-state index is 5.83. The molecule has 0 aliphatic rings. The molecule has 0 radical (unpaired) electrons. The fourth-order valence-corrected chi connectivity index (χ4v) is 1.80. The molecule has 0 aliphatic carbocycles. The number of hydrogen-bond donors (Lipinski definition) is 0. The van der Waals surface area contributed by atoms with Crippen molar-refractivity contribution in [2.45, 2.75) is 13.3 Å². The van der Waals surface area contributed by atoms with Crippen molar-refractivity contribution in [2.75, 3.05) is 0 Å². The molecule has 19 heavy (non-hydrogen) atoms. The first-order chi connectivity index (χ1) is 9.20. The number of nitrogens with zero attached hydrogens (tertiary/aromatic N) is 3. The van der Waals surface area contributed by atoms with Gasteiger partial charge in [0.25, 0.3) is 5.89 Å². The van der Waals surface area contributed by atoms with Crippen LogP contribution >= 0.6 is 11.6 Å². The van der Waals surface area contributed by atoms with E-state index in [0.717, 1.165) is 5.56 Å². The molecule has 0 bridgehead atoms. The summed E-state index contributed by atoms with van der Waals surface area (Å²) in [7, 11) is 0. The molecule has 2 aromatic heterocycles. The van der Waals surface area contributed by atoms with Crippen LogP contribution in [0.25, 0.3) is 11.6 Å². The van der Waals surface area contributed by atoms with Crippen LogP contribution in [0.2, 0.25) is 5.02 Å². The highest BCUT2D eigenvalue weighted by Gasteiger charge is 2.12. The van der Waals surface area contributed by atoms with Gasteiger partial charge in [-0.1, -0.05) is 28.9 Å². The topological polar surface area (TPSA) is 65.0 Å². The second-order valence-corrected chi connectivity index (χ2v) is 4.51. The number of hydrogen-bond acceptors (Lipinski definition) is 5. The van der Waals surface area contributed by atoms with E-state index in [-0.39, 0.29) is 0 Å². The summed E-state index contributed by atoms with van der Waals surface area (Å²) in [5.74, 6) is 1.52. The molecule has 3 rings (SSSR count). The maximum atomic E-state index is 5.83. The number of benzene rings is 1. The van der Waals surface area contributed by atoms with Crippen molar-refractivity contribution in [2.24, 2.45) is 0 Å². The van der Waals surface area contributed by atoms with Crippen LogP contribution < -0.4 is 0 Å². The van der Waals surface area contributed by atoms with Gasteiger partial charge in [0, 0.05) is 18.4 Å². The standard InChI is InChI=1S/C13H10ClN3O2/c1-8-15-11(7-18-8)13-16-12(17-19-13)6-9-2-4-10(14)5-3-9/h2-5,7H,6H2,1H3. The number of aromatic nitrogens is 3. The van der Waals surface area contributed by atoms with Crippen LogP contribution in [0.15, 0.2) is 39.5 Å².